The molecule has 0 bridgehead atoms. The van der Waals surface area contributed by atoms with E-state index in [0.717, 1.165) is 16.3 Å². The van der Waals surface area contributed by atoms with Crippen molar-refractivity contribution in [1.29, 1.82) is 0 Å². The molecular weight excluding hydrogens is 266 g/mol. The van der Waals surface area contributed by atoms with Crippen LogP contribution < -0.4 is 0 Å². The van der Waals surface area contributed by atoms with Gasteiger partial charge in [-0.1, -0.05) is 47.6 Å². The Labute approximate surface area is 122 Å². The molecule has 2 aromatic carbocycles. The minimum absolute atomic E-state index is 0.140. The molecule has 0 spiro atoms. The van der Waals surface area contributed by atoms with Crippen molar-refractivity contribution in [3.05, 3.63) is 65.5 Å². The lowest BCUT2D eigenvalue weighted by atomic mass is 10.0. The Bertz CT molecular complexity index is 771. The average molecular weight is 281 g/mol. The molecule has 0 aliphatic carbocycles. The van der Waals surface area contributed by atoms with Crippen LogP contribution in [0.5, 0.6) is 0 Å². The van der Waals surface area contributed by atoms with Gasteiger partial charge >= 0.3 is 5.97 Å². The highest BCUT2D eigenvalue weighted by Crippen LogP contribution is 2.19. The lowest BCUT2D eigenvalue weighted by molar-refractivity contribution is -0.144. The largest absolute Gasteiger partial charge is 0.459 e. The van der Waals surface area contributed by atoms with Gasteiger partial charge in [0.25, 0.3) is 0 Å². The van der Waals surface area contributed by atoms with Crippen LogP contribution >= 0.6 is 0 Å². The second-order valence-electron chi connectivity index (χ2n) is 4.90. The summed E-state index contributed by atoms with van der Waals surface area (Å²) in [5, 5.41) is 5.99. The normalized spacial score (nSPS) is 10.7. The van der Waals surface area contributed by atoms with E-state index in [4.69, 9.17) is 9.26 Å². The Morgan fingerprint density at radius 2 is 2.00 bits per heavy atom. The topological polar surface area (TPSA) is 52.3 Å². The number of carbonyl (C=O) groups excluding carboxylic acids is 1. The first kappa shape index (κ1) is 13.4. The molecule has 1 aromatic heterocycles. The molecule has 0 aliphatic rings. The van der Waals surface area contributed by atoms with E-state index in [-0.39, 0.29) is 19.0 Å². The Hall–Kier alpha value is -2.62. The average Bonchev–Trinajstić information content (AvgIpc) is 2.91. The van der Waals surface area contributed by atoms with Crippen LogP contribution in [0.15, 0.2) is 53.1 Å². The fraction of sp³-hybridized carbons (Fsp3) is 0.176. The lowest BCUT2D eigenvalue weighted by Gasteiger charge is -2.06. The van der Waals surface area contributed by atoms with Gasteiger partial charge in [0.15, 0.2) is 0 Å². The molecule has 4 nitrogen and oxygen atoms in total. The van der Waals surface area contributed by atoms with Crippen LogP contribution in [0.4, 0.5) is 0 Å². The number of aryl methyl sites for hydroxylation is 1. The highest BCUT2D eigenvalue weighted by atomic mass is 16.5. The molecular formula is C17H15NO3. The fourth-order valence-corrected chi connectivity index (χ4v) is 2.29. The molecule has 0 unspecified atom stereocenters. The van der Waals surface area contributed by atoms with Crippen LogP contribution in [0.3, 0.4) is 0 Å². The van der Waals surface area contributed by atoms with Crippen molar-refractivity contribution in [3.63, 3.8) is 0 Å². The third kappa shape index (κ3) is 3.11. The summed E-state index contributed by atoms with van der Waals surface area (Å²) in [6.45, 7) is 1.94. The van der Waals surface area contributed by atoms with Crippen LogP contribution in [0.2, 0.25) is 0 Å². The van der Waals surface area contributed by atoms with Gasteiger partial charge in [-0.05, 0) is 23.3 Å². The fourth-order valence-electron chi connectivity index (χ4n) is 2.29. The number of rotatable bonds is 4. The summed E-state index contributed by atoms with van der Waals surface area (Å²) in [6.07, 6.45) is 0.248. The van der Waals surface area contributed by atoms with E-state index >= 15 is 0 Å². The minimum Gasteiger partial charge on any atom is -0.459 e. The number of ether oxygens (including phenoxy) is 1. The molecule has 21 heavy (non-hydrogen) atoms. The molecule has 0 radical (unpaired) electrons. The zero-order chi connectivity index (χ0) is 14.7. The standard InChI is InChI=1S/C17H15NO3/c1-12-9-15(18-21-12)11-20-17(19)10-14-7-4-6-13-5-2-3-8-16(13)14/h2-9H,10-11H2,1H3. The van der Waals surface area contributed by atoms with Crippen LogP contribution in [-0.2, 0) is 22.6 Å². The van der Waals surface area contributed by atoms with Gasteiger partial charge in [-0.3, -0.25) is 4.79 Å². The van der Waals surface area contributed by atoms with E-state index in [1.165, 1.54) is 0 Å². The van der Waals surface area contributed by atoms with Crippen LogP contribution in [0.25, 0.3) is 10.8 Å². The van der Waals surface area contributed by atoms with E-state index in [9.17, 15) is 4.79 Å². The van der Waals surface area contributed by atoms with Gasteiger partial charge in [0.05, 0.1) is 6.42 Å². The van der Waals surface area contributed by atoms with Gasteiger partial charge < -0.3 is 9.26 Å². The van der Waals surface area contributed by atoms with Crippen molar-refractivity contribution in [2.45, 2.75) is 20.0 Å². The summed E-state index contributed by atoms with van der Waals surface area (Å²) in [5.74, 6) is 0.433. The number of fused-ring (bicyclic) bond motifs is 1. The first-order valence-electron chi connectivity index (χ1n) is 6.77. The number of carbonyl (C=O) groups is 1. The molecule has 0 N–H and O–H groups in total. The maximum atomic E-state index is 12.0. The van der Waals surface area contributed by atoms with Crippen molar-refractivity contribution >= 4 is 16.7 Å². The third-order valence-electron chi connectivity index (χ3n) is 3.27. The van der Waals surface area contributed by atoms with Gasteiger partial charge in [-0.25, -0.2) is 0 Å². The molecule has 3 aromatic rings. The maximum absolute atomic E-state index is 12.0. The Kier molecular flexibility index (Phi) is 3.69. The molecule has 1 heterocycles. The summed E-state index contributed by atoms with van der Waals surface area (Å²) < 4.78 is 10.2. The summed E-state index contributed by atoms with van der Waals surface area (Å²) in [4.78, 5) is 12.0. The summed E-state index contributed by atoms with van der Waals surface area (Å²) in [7, 11) is 0. The number of benzene rings is 2. The third-order valence-corrected chi connectivity index (χ3v) is 3.27. The van der Waals surface area contributed by atoms with Gasteiger partial charge in [-0.15, -0.1) is 0 Å². The van der Waals surface area contributed by atoms with Crippen molar-refractivity contribution < 1.29 is 14.1 Å². The Balaban J connectivity index is 1.69. The molecule has 0 atom stereocenters. The molecule has 106 valence electrons. The molecule has 0 fully saturated rings. The number of hydrogen-bond donors (Lipinski definition) is 0. The summed E-state index contributed by atoms with van der Waals surface area (Å²) in [6, 6.07) is 15.7. The van der Waals surface area contributed by atoms with Gasteiger partial charge in [0.1, 0.15) is 18.1 Å². The number of hydrogen-bond acceptors (Lipinski definition) is 4. The van der Waals surface area contributed by atoms with E-state index < -0.39 is 0 Å². The molecule has 0 saturated carbocycles. The van der Waals surface area contributed by atoms with Crippen LogP contribution in [0.1, 0.15) is 17.0 Å². The number of nitrogens with zero attached hydrogens (tertiary/aromatic N) is 1. The predicted octanol–water partition coefficient (Wildman–Crippen LogP) is 3.42. The first-order valence-corrected chi connectivity index (χ1v) is 6.77. The van der Waals surface area contributed by atoms with Crippen LogP contribution in [-0.4, -0.2) is 11.1 Å². The highest BCUT2D eigenvalue weighted by molar-refractivity contribution is 5.88. The Morgan fingerprint density at radius 3 is 2.81 bits per heavy atom. The quantitative estimate of drug-likeness (QED) is 0.687. The van der Waals surface area contributed by atoms with E-state index in [2.05, 4.69) is 5.16 Å². The van der Waals surface area contributed by atoms with Crippen molar-refractivity contribution in [1.82, 2.24) is 5.16 Å². The molecule has 0 aliphatic heterocycles. The van der Waals surface area contributed by atoms with E-state index in [1.807, 2.05) is 42.5 Å². The number of aromatic nitrogens is 1. The Morgan fingerprint density at radius 1 is 1.19 bits per heavy atom. The molecule has 0 saturated heterocycles. The molecule has 4 heteroatoms. The maximum Gasteiger partial charge on any atom is 0.310 e. The van der Waals surface area contributed by atoms with E-state index in [0.29, 0.717) is 11.5 Å². The zero-order valence-corrected chi connectivity index (χ0v) is 11.7. The van der Waals surface area contributed by atoms with Gasteiger partial charge in [-0.2, -0.15) is 0 Å². The zero-order valence-electron chi connectivity index (χ0n) is 11.7. The second kappa shape index (κ2) is 5.79. The second-order valence-corrected chi connectivity index (χ2v) is 4.90. The molecule has 3 rings (SSSR count). The summed E-state index contributed by atoms with van der Waals surface area (Å²) >= 11 is 0. The van der Waals surface area contributed by atoms with E-state index in [1.54, 1.807) is 13.0 Å². The minimum atomic E-state index is -0.271. The van der Waals surface area contributed by atoms with Gasteiger partial charge in [0.2, 0.25) is 0 Å². The first-order chi connectivity index (χ1) is 10.2. The lowest BCUT2D eigenvalue weighted by Crippen LogP contribution is -2.08. The summed E-state index contributed by atoms with van der Waals surface area (Å²) in [5.41, 5.74) is 1.59. The van der Waals surface area contributed by atoms with Crippen molar-refractivity contribution in [2.75, 3.05) is 0 Å². The predicted molar refractivity (Wildman–Crippen MR) is 78.7 cm³/mol. The van der Waals surface area contributed by atoms with Crippen molar-refractivity contribution in [3.8, 4) is 0 Å². The smallest absolute Gasteiger partial charge is 0.310 e. The van der Waals surface area contributed by atoms with Crippen molar-refractivity contribution in [2.24, 2.45) is 0 Å². The molecule has 0 amide bonds. The van der Waals surface area contributed by atoms with Crippen LogP contribution in [0, 0.1) is 6.92 Å². The van der Waals surface area contributed by atoms with Gasteiger partial charge in [0, 0.05) is 6.07 Å². The highest BCUT2D eigenvalue weighted by Gasteiger charge is 2.09. The monoisotopic (exact) mass is 281 g/mol. The SMILES string of the molecule is Cc1cc(COC(=O)Cc2cccc3ccccc23)no1. The number of esters is 1.